The maximum Gasteiger partial charge on any atom is 0.163 e. The zero-order valence-corrected chi connectivity index (χ0v) is 10.6. The Morgan fingerprint density at radius 1 is 1.35 bits per heavy atom. The summed E-state index contributed by atoms with van der Waals surface area (Å²) in [6.07, 6.45) is 0. The molecule has 1 atom stereocenters. The second kappa shape index (κ2) is 4.72. The van der Waals surface area contributed by atoms with Crippen molar-refractivity contribution >= 4 is 22.9 Å². The summed E-state index contributed by atoms with van der Waals surface area (Å²) in [4.78, 5) is 0.719. The minimum Gasteiger partial charge on any atom is -0.320 e. The molecular weight excluding hydrogens is 264 g/mol. The van der Waals surface area contributed by atoms with Crippen LogP contribution in [0.2, 0.25) is 4.34 Å². The zero-order valence-electron chi connectivity index (χ0n) is 9.01. The summed E-state index contributed by atoms with van der Waals surface area (Å²) in [5.74, 6) is -1.79. The van der Waals surface area contributed by atoms with E-state index in [2.05, 4.69) is 0 Å². The molecule has 0 saturated carbocycles. The van der Waals surface area contributed by atoms with Gasteiger partial charge in [0.05, 0.1) is 10.4 Å². The molecule has 0 aliphatic rings. The third-order valence-corrected chi connectivity index (χ3v) is 4.14. The molecule has 2 N–H and O–H groups in total. The lowest BCUT2D eigenvalue weighted by atomic mass is 10.1. The van der Waals surface area contributed by atoms with E-state index >= 15 is 0 Å². The molecule has 5 heteroatoms. The summed E-state index contributed by atoms with van der Waals surface area (Å²) in [5, 5.41) is 0. The van der Waals surface area contributed by atoms with E-state index in [4.69, 9.17) is 17.3 Å². The molecule has 1 aromatic heterocycles. The van der Waals surface area contributed by atoms with Crippen LogP contribution in [-0.2, 0) is 0 Å². The van der Waals surface area contributed by atoms with Crippen LogP contribution in [0.4, 0.5) is 8.78 Å². The van der Waals surface area contributed by atoms with Crippen LogP contribution in [0.3, 0.4) is 0 Å². The van der Waals surface area contributed by atoms with Crippen molar-refractivity contribution in [2.24, 2.45) is 5.73 Å². The molecule has 1 heterocycles. The molecule has 1 aromatic carbocycles. The SMILES string of the molecule is Cc1cc(C(N)c2cccc(F)c2F)sc1Cl. The molecule has 0 amide bonds. The average molecular weight is 274 g/mol. The molecule has 17 heavy (non-hydrogen) atoms. The molecular formula is C12H10ClF2NS. The molecule has 1 unspecified atom stereocenters. The van der Waals surface area contributed by atoms with Gasteiger partial charge in [0.15, 0.2) is 11.6 Å². The summed E-state index contributed by atoms with van der Waals surface area (Å²) in [6, 6.07) is 5.09. The first-order valence-electron chi connectivity index (χ1n) is 4.96. The Morgan fingerprint density at radius 2 is 2.06 bits per heavy atom. The third kappa shape index (κ3) is 2.34. The highest BCUT2D eigenvalue weighted by molar-refractivity contribution is 7.16. The molecule has 0 radical (unpaired) electrons. The van der Waals surface area contributed by atoms with Crippen molar-refractivity contribution in [1.82, 2.24) is 0 Å². The topological polar surface area (TPSA) is 26.0 Å². The van der Waals surface area contributed by atoms with Crippen molar-refractivity contribution in [3.05, 3.63) is 56.2 Å². The Kier molecular flexibility index (Phi) is 3.47. The van der Waals surface area contributed by atoms with Crippen LogP contribution >= 0.6 is 22.9 Å². The van der Waals surface area contributed by atoms with E-state index in [0.29, 0.717) is 4.34 Å². The van der Waals surface area contributed by atoms with Gasteiger partial charge in [0, 0.05) is 10.4 Å². The zero-order chi connectivity index (χ0) is 12.6. The van der Waals surface area contributed by atoms with Gasteiger partial charge in [0.2, 0.25) is 0 Å². The number of aryl methyl sites for hydroxylation is 1. The van der Waals surface area contributed by atoms with Gasteiger partial charge in [-0.15, -0.1) is 11.3 Å². The minimum absolute atomic E-state index is 0.142. The molecule has 0 fully saturated rings. The van der Waals surface area contributed by atoms with Crippen LogP contribution < -0.4 is 5.73 Å². The lowest BCUT2D eigenvalue weighted by Crippen LogP contribution is -2.12. The Morgan fingerprint density at radius 3 is 2.65 bits per heavy atom. The quantitative estimate of drug-likeness (QED) is 0.878. The molecule has 90 valence electrons. The van der Waals surface area contributed by atoms with Gasteiger partial charge in [-0.25, -0.2) is 8.78 Å². The van der Waals surface area contributed by atoms with Crippen molar-refractivity contribution in [1.29, 1.82) is 0 Å². The van der Waals surface area contributed by atoms with E-state index in [1.165, 1.54) is 23.5 Å². The van der Waals surface area contributed by atoms with Crippen molar-refractivity contribution in [3.8, 4) is 0 Å². The van der Waals surface area contributed by atoms with E-state index in [0.717, 1.165) is 16.5 Å². The summed E-state index contributed by atoms with van der Waals surface area (Å²) < 4.78 is 27.3. The molecule has 0 aliphatic heterocycles. The predicted molar refractivity (Wildman–Crippen MR) is 66.5 cm³/mol. The van der Waals surface area contributed by atoms with Crippen molar-refractivity contribution < 1.29 is 8.78 Å². The van der Waals surface area contributed by atoms with Gasteiger partial charge in [0.1, 0.15) is 0 Å². The van der Waals surface area contributed by atoms with Crippen LogP contribution in [-0.4, -0.2) is 0 Å². The standard InChI is InChI=1S/C12H10ClF2NS/c1-6-5-9(17-12(6)13)11(16)7-3-2-4-8(14)10(7)15/h2-5,11H,16H2,1H3. The first-order valence-corrected chi connectivity index (χ1v) is 6.15. The highest BCUT2D eigenvalue weighted by atomic mass is 35.5. The highest BCUT2D eigenvalue weighted by Gasteiger charge is 2.18. The van der Waals surface area contributed by atoms with Crippen LogP contribution in [0.15, 0.2) is 24.3 Å². The number of halogens is 3. The van der Waals surface area contributed by atoms with Gasteiger partial charge < -0.3 is 5.73 Å². The first kappa shape index (κ1) is 12.5. The number of thiophene rings is 1. The number of benzene rings is 1. The van der Waals surface area contributed by atoms with E-state index < -0.39 is 17.7 Å². The van der Waals surface area contributed by atoms with Gasteiger partial charge in [-0.3, -0.25) is 0 Å². The first-order chi connectivity index (χ1) is 8.00. The van der Waals surface area contributed by atoms with Gasteiger partial charge in [-0.05, 0) is 24.6 Å². The molecule has 1 nitrogen and oxygen atoms in total. The molecule has 0 spiro atoms. The molecule has 0 saturated heterocycles. The number of hydrogen-bond acceptors (Lipinski definition) is 2. The average Bonchev–Trinajstić information content (AvgIpc) is 2.62. The Hall–Kier alpha value is -0.970. The third-order valence-electron chi connectivity index (χ3n) is 2.50. The Balaban J connectivity index is 2.43. The summed E-state index contributed by atoms with van der Waals surface area (Å²) >= 11 is 7.21. The van der Waals surface area contributed by atoms with Gasteiger partial charge in [0.25, 0.3) is 0 Å². The van der Waals surface area contributed by atoms with E-state index in [-0.39, 0.29) is 5.56 Å². The maximum atomic E-state index is 13.6. The van der Waals surface area contributed by atoms with Crippen molar-refractivity contribution in [2.45, 2.75) is 13.0 Å². The largest absolute Gasteiger partial charge is 0.320 e. The number of rotatable bonds is 2. The van der Waals surface area contributed by atoms with Gasteiger partial charge in [-0.1, -0.05) is 23.7 Å². The van der Waals surface area contributed by atoms with Crippen molar-refractivity contribution in [2.75, 3.05) is 0 Å². The highest BCUT2D eigenvalue weighted by Crippen LogP contribution is 2.33. The van der Waals surface area contributed by atoms with Gasteiger partial charge >= 0.3 is 0 Å². The molecule has 0 aliphatic carbocycles. The fourth-order valence-corrected chi connectivity index (χ4v) is 2.79. The fourth-order valence-electron chi connectivity index (χ4n) is 1.55. The van der Waals surface area contributed by atoms with Crippen LogP contribution in [0.25, 0.3) is 0 Å². The Bertz CT molecular complexity index is 534. The van der Waals surface area contributed by atoms with Crippen LogP contribution in [0.1, 0.15) is 22.0 Å². The summed E-state index contributed by atoms with van der Waals surface area (Å²) in [5.41, 5.74) is 6.94. The second-order valence-electron chi connectivity index (χ2n) is 3.73. The van der Waals surface area contributed by atoms with E-state index in [1.807, 2.05) is 6.92 Å². The fraction of sp³-hybridized carbons (Fsp3) is 0.167. The lowest BCUT2D eigenvalue weighted by Gasteiger charge is -2.11. The molecule has 0 bridgehead atoms. The number of nitrogens with two attached hydrogens (primary N) is 1. The molecule has 2 rings (SSSR count). The van der Waals surface area contributed by atoms with E-state index in [1.54, 1.807) is 6.07 Å². The van der Waals surface area contributed by atoms with E-state index in [9.17, 15) is 8.78 Å². The predicted octanol–water partition coefficient (Wildman–Crippen LogP) is 4.04. The van der Waals surface area contributed by atoms with Crippen molar-refractivity contribution in [3.63, 3.8) is 0 Å². The summed E-state index contributed by atoms with van der Waals surface area (Å²) in [7, 11) is 0. The van der Waals surface area contributed by atoms with Gasteiger partial charge in [-0.2, -0.15) is 0 Å². The monoisotopic (exact) mass is 273 g/mol. The lowest BCUT2D eigenvalue weighted by molar-refractivity contribution is 0.495. The van der Waals surface area contributed by atoms with Crippen LogP contribution in [0.5, 0.6) is 0 Å². The molecule has 2 aromatic rings. The normalized spacial score (nSPS) is 12.8. The Labute approximate surface area is 107 Å². The maximum absolute atomic E-state index is 13.6. The summed E-state index contributed by atoms with van der Waals surface area (Å²) in [6.45, 7) is 1.84. The minimum atomic E-state index is -0.901. The number of hydrogen-bond donors (Lipinski definition) is 1. The van der Waals surface area contributed by atoms with Crippen LogP contribution in [0, 0.1) is 18.6 Å². The second-order valence-corrected chi connectivity index (χ2v) is 5.41. The smallest absolute Gasteiger partial charge is 0.163 e.